The summed E-state index contributed by atoms with van der Waals surface area (Å²) in [5.74, 6) is -0.0451. The first-order chi connectivity index (χ1) is 14.2. The number of nitrogens with zero attached hydrogens (tertiary/aromatic N) is 2. The van der Waals surface area contributed by atoms with Gasteiger partial charge in [0.05, 0.1) is 27.3 Å². The van der Waals surface area contributed by atoms with Gasteiger partial charge < -0.3 is 10.3 Å². The summed E-state index contributed by atoms with van der Waals surface area (Å²) in [6.45, 7) is 1.35. The average Bonchev–Trinajstić information content (AvgIpc) is 3.12. The molecule has 2 heterocycles. The molecule has 0 radical (unpaired) electrons. The van der Waals surface area contributed by atoms with Crippen molar-refractivity contribution in [2.24, 2.45) is 0 Å². The third-order valence-electron chi connectivity index (χ3n) is 4.49. The number of carbonyl (C=O) groups is 1. The van der Waals surface area contributed by atoms with Gasteiger partial charge in [0, 0.05) is 11.3 Å². The van der Waals surface area contributed by atoms with Gasteiger partial charge in [0.25, 0.3) is 5.91 Å². The second-order valence-electron chi connectivity index (χ2n) is 6.58. The number of carbonyl (C=O) groups excluding carboxylic acids is 1. The third-order valence-corrected chi connectivity index (χ3v) is 4.82. The maximum absolute atomic E-state index is 12.8. The lowest BCUT2D eigenvalue weighted by molar-refractivity contribution is -0.141. The summed E-state index contributed by atoms with van der Waals surface area (Å²) in [6.07, 6.45) is -4.57. The minimum Gasteiger partial charge on any atom is -0.338 e. The largest absolute Gasteiger partial charge is 0.433 e. The summed E-state index contributed by atoms with van der Waals surface area (Å²) in [7, 11) is 0. The van der Waals surface area contributed by atoms with E-state index in [1.165, 1.54) is 6.92 Å². The van der Waals surface area contributed by atoms with Crippen LogP contribution in [0.5, 0.6) is 0 Å². The van der Waals surface area contributed by atoms with Crippen LogP contribution in [-0.2, 0) is 6.18 Å². The quantitative estimate of drug-likeness (QED) is 0.428. The molecule has 2 aromatic heterocycles. The summed E-state index contributed by atoms with van der Waals surface area (Å²) in [5, 5.41) is 3.10. The number of para-hydroxylation sites is 2. The van der Waals surface area contributed by atoms with Gasteiger partial charge in [-0.25, -0.2) is 9.97 Å². The molecular formula is C21H14ClF3N4O. The van der Waals surface area contributed by atoms with Gasteiger partial charge in [-0.2, -0.15) is 13.2 Å². The number of alkyl halides is 3. The maximum Gasteiger partial charge on any atom is 0.433 e. The molecule has 2 aromatic carbocycles. The van der Waals surface area contributed by atoms with E-state index in [1.807, 2.05) is 24.3 Å². The lowest BCUT2D eigenvalue weighted by Crippen LogP contribution is -2.16. The minimum atomic E-state index is -4.57. The molecular weight excluding hydrogens is 417 g/mol. The highest BCUT2D eigenvalue weighted by atomic mass is 35.5. The molecule has 1 amide bonds. The van der Waals surface area contributed by atoms with Gasteiger partial charge in [0.2, 0.25) is 0 Å². The number of H-pyrrole nitrogens is 1. The molecule has 4 rings (SSSR count). The third kappa shape index (κ3) is 3.86. The highest BCUT2D eigenvalue weighted by Gasteiger charge is 2.33. The van der Waals surface area contributed by atoms with E-state index in [1.54, 1.807) is 18.2 Å². The van der Waals surface area contributed by atoms with Crippen molar-refractivity contribution in [1.82, 2.24) is 15.0 Å². The number of amides is 1. The second-order valence-corrected chi connectivity index (χ2v) is 6.99. The van der Waals surface area contributed by atoms with Crippen LogP contribution in [0.2, 0.25) is 5.02 Å². The summed E-state index contributed by atoms with van der Waals surface area (Å²) in [4.78, 5) is 23.7. The van der Waals surface area contributed by atoms with Crippen molar-refractivity contribution in [3.8, 4) is 11.4 Å². The SMILES string of the molecule is Cc1nc(C(F)(F)F)ccc1C(=O)Nc1ccc(Cl)c(-c2nc3ccccc3[nH]2)c1. The number of aromatic amines is 1. The zero-order valence-electron chi connectivity index (χ0n) is 15.5. The molecule has 152 valence electrons. The second kappa shape index (κ2) is 7.46. The minimum absolute atomic E-state index is 0.0196. The monoisotopic (exact) mass is 430 g/mol. The molecule has 0 bridgehead atoms. The first kappa shape index (κ1) is 19.9. The summed E-state index contributed by atoms with van der Waals surface area (Å²) in [5.41, 5.74) is 1.58. The Bertz CT molecular complexity index is 1230. The zero-order chi connectivity index (χ0) is 21.5. The van der Waals surface area contributed by atoms with Crippen LogP contribution in [0, 0.1) is 6.92 Å². The van der Waals surface area contributed by atoms with Crippen molar-refractivity contribution in [3.63, 3.8) is 0 Å². The molecule has 0 aliphatic carbocycles. The van der Waals surface area contributed by atoms with Gasteiger partial charge in [0.1, 0.15) is 11.5 Å². The van der Waals surface area contributed by atoms with Crippen molar-refractivity contribution in [2.45, 2.75) is 13.1 Å². The Balaban J connectivity index is 1.63. The predicted molar refractivity (Wildman–Crippen MR) is 108 cm³/mol. The number of imidazole rings is 1. The van der Waals surface area contributed by atoms with Gasteiger partial charge in [-0.05, 0) is 49.4 Å². The lowest BCUT2D eigenvalue weighted by atomic mass is 10.1. The molecule has 0 atom stereocenters. The molecule has 0 fully saturated rings. The Morgan fingerprint density at radius 2 is 1.83 bits per heavy atom. The van der Waals surface area contributed by atoms with Crippen LogP contribution >= 0.6 is 11.6 Å². The Morgan fingerprint density at radius 3 is 2.53 bits per heavy atom. The smallest absolute Gasteiger partial charge is 0.338 e. The number of halogens is 4. The number of rotatable bonds is 3. The fourth-order valence-corrected chi connectivity index (χ4v) is 3.23. The Kier molecular flexibility index (Phi) is 4.95. The van der Waals surface area contributed by atoms with Gasteiger partial charge in [-0.3, -0.25) is 4.79 Å². The summed E-state index contributed by atoms with van der Waals surface area (Å²) in [6, 6.07) is 14.2. The number of aromatic nitrogens is 3. The first-order valence-electron chi connectivity index (χ1n) is 8.83. The average molecular weight is 431 g/mol. The molecule has 0 aliphatic rings. The van der Waals surface area contributed by atoms with Gasteiger partial charge >= 0.3 is 6.18 Å². The predicted octanol–water partition coefficient (Wildman–Crippen LogP) is 5.86. The zero-order valence-corrected chi connectivity index (χ0v) is 16.3. The van der Waals surface area contributed by atoms with Gasteiger partial charge in [0.15, 0.2) is 0 Å². The van der Waals surface area contributed by atoms with Crippen molar-refractivity contribution in [1.29, 1.82) is 0 Å². The van der Waals surface area contributed by atoms with Crippen LogP contribution in [0.4, 0.5) is 18.9 Å². The van der Waals surface area contributed by atoms with Crippen molar-refractivity contribution >= 4 is 34.2 Å². The van der Waals surface area contributed by atoms with Crippen LogP contribution in [-0.4, -0.2) is 20.9 Å². The molecule has 2 N–H and O–H groups in total. The van der Waals surface area contributed by atoms with Crippen molar-refractivity contribution in [2.75, 3.05) is 5.32 Å². The van der Waals surface area contributed by atoms with Gasteiger partial charge in [-0.1, -0.05) is 23.7 Å². The van der Waals surface area contributed by atoms with Crippen LogP contribution < -0.4 is 5.32 Å². The lowest BCUT2D eigenvalue weighted by Gasteiger charge is -2.11. The van der Waals surface area contributed by atoms with Crippen molar-refractivity contribution in [3.05, 3.63) is 76.6 Å². The van der Waals surface area contributed by atoms with E-state index >= 15 is 0 Å². The number of hydrogen-bond acceptors (Lipinski definition) is 3. The molecule has 0 aliphatic heterocycles. The number of pyridine rings is 1. The molecule has 30 heavy (non-hydrogen) atoms. The molecule has 0 spiro atoms. The Hall–Kier alpha value is -3.39. The van der Waals surface area contributed by atoms with E-state index < -0.39 is 17.8 Å². The fourth-order valence-electron chi connectivity index (χ4n) is 3.02. The Morgan fingerprint density at radius 1 is 1.07 bits per heavy atom. The molecule has 0 saturated carbocycles. The topological polar surface area (TPSA) is 70.7 Å². The van der Waals surface area contributed by atoms with E-state index in [2.05, 4.69) is 20.3 Å². The number of fused-ring (bicyclic) bond motifs is 1. The standard InChI is InChI=1S/C21H14ClF3N4O/c1-11-13(7-9-18(26-11)21(23,24)25)20(30)27-12-6-8-15(22)14(10-12)19-28-16-4-2-3-5-17(16)29-19/h2-10H,1H3,(H,27,30)(H,28,29). The van der Waals surface area contributed by atoms with E-state index in [9.17, 15) is 18.0 Å². The van der Waals surface area contributed by atoms with E-state index in [0.717, 1.165) is 23.2 Å². The molecule has 5 nitrogen and oxygen atoms in total. The van der Waals surface area contributed by atoms with Crippen LogP contribution in [0.3, 0.4) is 0 Å². The first-order valence-corrected chi connectivity index (χ1v) is 9.21. The normalized spacial score (nSPS) is 11.6. The highest BCUT2D eigenvalue weighted by Crippen LogP contribution is 2.31. The van der Waals surface area contributed by atoms with E-state index in [4.69, 9.17) is 11.6 Å². The number of anilines is 1. The van der Waals surface area contributed by atoms with Gasteiger partial charge in [-0.15, -0.1) is 0 Å². The molecule has 0 unspecified atom stereocenters. The van der Waals surface area contributed by atoms with Crippen LogP contribution in [0.1, 0.15) is 21.7 Å². The van der Waals surface area contributed by atoms with Crippen LogP contribution in [0.25, 0.3) is 22.4 Å². The number of nitrogens with one attached hydrogen (secondary N) is 2. The van der Waals surface area contributed by atoms with E-state index in [-0.39, 0.29) is 11.3 Å². The molecule has 0 saturated heterocycles. The highest BCUT2D eigenvalue weighted by molar-refractivity contribution is 6.33. The summed E-state index contributed by atoms with van der Waals surface area (Å²) >= 11 is 6.31. The maximum atomic E-state index is 12.8. The number of benzene rings is 2. The summed E-state index contributed by atoms with van der Waals surface area (Å²) < 4.78 is 38.4. The molecule has 4 aromatic rings. The Labute approximate surface area is 173 Å². The fraction of sp³-hybridized carbons (Fsp3) is 0.0952. The molecule has 9 heteroatoms. The van der Waals surface area contributed by atoms with Crippen molar-refractivity contribution < 1.29 is 18.0 Å². The number of hydrogen-bond donors (Lipinski definition) is 2. The van der Waals surface area contributed by atoms with E-state index in [0.29, 0.717) is 22.1 Å². The van der Waals surface area contributed by atoms with Crippen LogP contribution in [0.15, 0.2) is 54.6 Å². The number of aryl methyl sites for hydroxylation is 1.